The Kier molecular flexibility index (Phi) is 5.64. The Bertz CT molecular complexity index is 1230. The van der Waals surface area contributed by atoms with Gasteiger partial charge in [0, 0.05) is 36.9 Å². The van der Waals surface area contributed by atoms with Crippen LogP contribution in [0.2, 0.25) is 0 Å². The fourth-order valence-electron chi connectivity index (χ4n) is 4.47. The van der Waals surface area contributed by atoms with Gasteiger partial charge >= 0.3 is 0 Å². The zero-order valence-corrected chi connectivity index (χ0v) is 19.2. The van der Waals surface area contributed by atoms with E-state index in [9.17, 15) is 0 Å². The predicted octanol–water partition coefficient (Wildman–Crippen LogP) is 4.56. The Morgan fingerprint density at radius 3 is 2.56 bits per heavy atom. The molecule has 0 spiro atoms. The van der Waals surface area contributed by atoms with Gasteiger partial charge in [-0.05, 0) is 73.5 Å². The van der Waals surface area contributed by atoms with Crippen molar-refractivity contribution in [1.82, 2.24) is 24.7 Å². The molecule has 2 aromatic carbocycles. The van der Waals surface area contributed by atoms with Crippen LogP contribution in [0.5, 0.6) is 0 Å². The summed E-state index contributed by atoms with van der Waals surface area (Å²) in [6.07, 6.45) is 3.99. The maximum absolute atomic E-state index is 5.80. The quantitative estimate of drug-likeness (QED) is 0.444. The second-order valence-corrected chi connectivity index (χ2v) is 8.84. The molecule has 0 unspecified atom stereocenters. The Labute approximate surface area is 194 Å². The van der Waals surface area contributed by atoms with E-state index in [1.54, 1.807) is 0 Å². The molecule has 0 aliphatic carbocycles. The van der Waals surface area contributed by atoms with Gasteiger partial charge in [0.2, 0.25) is 0 Å². The number of pyridine rings is 1. The number of benzene rings is 2. The van der Waals surface area contributed by atoms with Crippen molar-refractivity contribution in [3.63, 3.8) is 0 Å². The standard InChI is InChI=1S/C26H27N5S/c1-29(2)16-17-31-25(24(28-26(31)32)22-10-5-6-14-27-22)23-11-7-15-30(23)21-13-12-19-8-3-4-9-20(19)18-21/h3-15,18,24-25H,16-17H2,1-2H3,(H,28,32)/t24-,25+/m1/s1. The Morgan fingerprint density at radius 2 is 1.78 bits per heavy atom. The molecule has 1 aliphatic rings. The van der Waals surface area contributed by atoms with Gasteiger partial charge in [-0.15, -0.1) is 0 Å². The summed E-state index contributed by atoms with van der Waals surface area (Å²) in [5.74, 6) is 0. The maximum Gasteiger partial charge on any atom is 0.170 e. The van der Waals surface area contributed by atoms with Gasteiger partial charge in [0.25, 0.3) is 0 Å². The molecule has 6 heteroatoms. The molecule has 4 aromatic rings. The van der Waals surface area contributed by atoms with Crippen LogP contribution < -0.4 is 5.32 Å². The minimum atomic E-state index is -0.0139. The molecule has 0 saturated carbocycles. The number of nitrogens with zero attached hydrogens (tertiary/aromatic N) is 4. The van der Waals surface area contributed by atoms with Crippen LogP contribution >= 0.6 is 12.2 Å². The number of aromatic nitrogens is 2. The Morgan fingerprint density at radius 1 is 0.969 bits per heavy atom. The zero-order valence-electron chi connectivity index (χ0n) is 18.3. The molecule has 0 amide bonds. The number of hydrogen-bond donors (Lipinski definition) is 1. The Balaban J connectivity index is 1.59. The molecule has 1 saturated heterocycles. The normalized spacial score (nSPS) is 18.5. The lowest BCUT2D eigenvalue weighted by atomic mass is 10.0. The number of likely N-dealkylation sites (N-methyl/N-ethyl adjacent to an activating group) is 1. The number of nitrogens with one attached hydrogen (secondary N) is 1. The average molecular weight is 442 g/mol. The monoisotopic (exact) mass is 441 g/mol. The summed E-state index contributed by atoms with van der Waals surface area (Å²) in [6, 6.07) is 25.5. The molecule has 3 heterocycles. The number of hydrogen-bond acceptors (Lipinski definition) is 3. The topological polar surface area (TPSA) is 36.3 Å². The minimum Gasteiger partial charge on any atom is -0.352 e. The molecule has 1 aliphatic heterocycles. The molecule has 2 atom stereocenters. The highest BCUT2D eigenvalue weighted by Gasteiger charge is 2.41. The molecule has 1 N–H and O–H groups in total. The highest BCUT2D eigenvalue weighted by Crippen LogP contribution is 2.39. The van der Waals surface area contributed by atoms with Gasteiger partial charge in [-0.1, -0.05) is 36.4 Å². The van der Waals surface area contributed by atoms with Crippen LogP contribution in [-0.4, -0.2) is 51.6 Å². The Hall–Kier alpha value is -3.22. The molecule has 0 radical (unpaired) electrons. The van der Waals surface area contributed by atoms with E-state index in [-0.39, 0.29) is 12.1 Å². The molecule has 32 heavy (non-hydrogen) atoms. The first kappa shape index (κ1) is 20.7. The fourth-order valence-corrected chi connectivity index (χ4v) is 4.80. The minimum absolute atomic E-state index is 0.0139. The lowest BCUT2D eigenvalue weighted by Gasteiger charge is -2.29. The third-order valence-electron chi connectivity index (χ3n) is 6.08. The van der Waals surface area contributed by atoms with Crippen molar-refractivity contribution >= 4 is 28.1 Å². The number of fused-ring (bicyclic) bond motifs is 1. The average Bonchev–Trinajstić information content (AvgIpc) is 3.42. The van der Waals surface area contributed by atoms with Crippen LogP contribution in [0.4, 0.5) is 0 Å². The van der Waals surface area contributed by atoms with E-state index in [1.807, 2.05) is 18.3 Å². The van der Waals surface area contributed by atoms with Crippen LogP contribution in [0.25, 0.3) is 16.5 Å². The van der Waals surface area contributed by atoms with E-state index in [0.717, 1.165) is 29.6 Å². The van der Waals surface area contributed by atoms with Crippen molar-refractivity contribution in [1.29, 1.82) is 0 Å². The summed E-state index contributed by atoms with van der Waals surface area (Å²) < 4.78 is 2.28. The van der Waals surface area contributed by atoms with E-state index < -0.39 is 0 Å². The lowest BCUT2D eigenvalue weighted by Crippen LogP contribution is -2.36. The van der Waals surface area contributed by atoms with Crippen molar-refractivity contribution in [3.05, 3.63) is 96.6 Å². The van der Waals surface area contributed by atoms with Crippen LogP contribution in [0.3, 0.4) is 0 Å². The van der Waals surface area contributed by atoms with Crippen LogP contribution in [-0.2, 0) is 0 Å². The SMILES string of the molecule is CN(C)CCN1C(=S)N[C@H](c2ccccn2)[C@@H]1c1cccn1-c1ccc2ccccc2c1. The first-order chi connectivity index (χ1) is 15.6. The molecule has 162 valence electrons. The van der Waals surface area contributed by atoms with Gasteiger partial charge in [-0.3, -0.25) is 4.98 Å². The van der Waals surface area contributed by atoms with Gasteiger partial charge in [0.15, 0.2) is 5.11 Å². The van der Waals surface area contributed by atoms with Gasteiger partial charge in [0.1, 0.15) is 0 Å². The molecule has 2 aromatic heterocycles. The van der Waals surface area contributed by atoms with Gasteiger partial charge in [0.05, 0.1) is 17.8 Å². The number of thiocarbonyl (C=S) groups is 1. The molecule has 0 bridgehead atoms. The second-order valence-electron chi connectivity index (χ2n) is 8.46. The molecular formula is C26H27N5S. The third-order valence-corrected chi connectivity index (χ3v) is 6.43. The summed E-state index contributed by atoms with van der Waals surface area (Å²) >= 11 is 5.80. The van der Waals surface area contributed by atoms with Crippen molar-refractivity contribution in [3.8, 4) is 5.69 Å². The van der Waals surface area contributed by atoms with Gasteiger partial charge in [-0.25, -0.2) is 0 Å². The highest BCUT2D eigenvalue weighted by molar-refractivity contribution is 7.80. The van der Waals surface area contributed by atoms with Gasteiger partial charge in [-0.2, -0.15) is 0 Å². The van der Waals surface area contributed by atoms with Gasteiger partial charge < -0.3 is 19.7 Å². The van der Waals surface area contributed by atoms with E-state index in [0.29, 0.717) is 0 Å². The summed E-state index contributed by atoms with van der Waals surface area (Å²) in [4.78, 5) is 9.16. The summed E-state index contributed by atoms with van der Waals surface area (Å²) in [6.45, 7) is 1.76. The van der Waals surface area contributed by atoms with E-state index >= 15 is 0 Å². The first-order valence-corrected chi connectivity index (χ1v) is 11.3. The first-order valence-electron chi connectivity index (χ1n) is 10.9. The summed E-state index contributed by atoms with van der Waals surface area (Å²) in [5.41, 5.74) is 3.34. The molecule has 5 nitrogen and oxygen atoms in total. The molecule has 1 fully saturated rings. The summed E-state index contributed by atoms with van der Waals surface area (Å²) in [5, 5.41) is 6.81. The van der Waals surface area contributed by atoms with Crippen molar-refractivity contribution in [2.75, 3.05) is 27.2 Å². The van der Waals surface area contributed by atoms with E-state index in [2.05, 4.69) is 106 Å². The van der Waals surface area contributed by atoms with Crippen molar-refractivity contribution in [2.45, 2.75) is 12.1 Å². The second kappa shape index (κ2) is 8.73. The molecular weight excluding hydrogens is 414 g/mol. The zero-order chi connectivity index (χ0) is 22.1. The van der Waals surface area contributed by atoms with E-state index in [4.69, 9.17) is 12.2 Å². The van der Waals surface area contributed by atoms with E-state index in [1.165, 1.54) is 16.5 Å². The summed E-state index contributed by atoms with van der Waals surface area (Å²) in [7, 11) is 4.19. The third kappa shape index (κ3) is 3.87. The van der Waals surface area contributed by atoms with Crippen molar-refractivity contribution < 1.29 is 0 Å². The lowest BCUT2D eigenvalue weighted by molar-refractivity contribution is 0.272. The number of rotatable bonds is 6. The highest BCUT2D eigenvalue weighted by atomic mass is 32.1. The fraction of sp³-hybridized carbons (Fsp3) is 0.231. The largest absolute Gasteiger partial charge is 0.352 e. The molecule has 5 rings (SSSR count). The van der Waals surface area contributed by atoms with Crippen LogP contribution in [0.15, 0.2) is 85.2 Å². The van der Waals surface area contributed by atoms with Crippen LogP contribution in [0.1, 0.15) is 23.5 Å². The predicted molar refractivity (Wildman–Crippen MR) is 134 cm³/mol. The van der Waals surface area contributed by atoms with Crippen LogP contribution in [0, 0.1) is 0 Å². The van der Waals surface area contributed by atoms with Crippen molar-refractivity contribution in [2.24, 2.45) is 0 Å². The maximum atomic E-state index is 5.80. The smallest absolute Gasteiger partial charge is 0.170 e.